The van der Waals surface area contributed by atoms with Gasteiger partial charge in [0.15, 0.2) is 0 Å². The summed E-state index contributed by atoms with van der Waals surface area (Å²) in [4.78, 5) is 2.34. The molecule has 0 saturated heterocycles. The summed E-state index contributed by atoms with van der Waals surface area (Å²) in [5.74, 6) is 0. The fourth-order valence-corrected chi connectivity index (χ4v) is 1.82. The zero-order valence-corrected chi connectivity index (χ0v) is 5.65. The van der Waals surface area contributed by atoms with Gasteiger partial charge in [-0.1, -0.05) is 5.67 Å². The monoisotopic (exact) mass is 112 g/mol. The molecule has 1 rings (SSSR count). The van der Waals surface area contributed by atoms with Crippen molar-refractivity contribution in [1.29, 1.82) is 0 Å². The van der Waals surface area contributed by atoms with E-state index >= 15 is 0 Å². The Kier molecular flexibility index (Phi) is 1.76. The first-order valence-corrected chi connectivity index (χ1v) is 3.91. The summed E-state index contributed by atoms with van der Waals surface area (Å²) < 4.78 is 0. The van der Waals surface area contributed by atoms with Crippen LogP contribution in [-0.2, 0) is 0 Å². The molecule has 0 aromatic carbocycles. The molecule has 1 heterocycles. The van der Waals surface area contributed by atoms with Crippen molar-refractivity contribution in [2.24, 2.45) is 0 Å². The summed E-state index contributed by atoms with van der Waals surface area (Å²) in [5, 5.41) is 0. The highest BCUT2D eigenvalue weighted by Crippen LogP contribution is 1.86. The lowest BCUT2D eigenvalue weighted by Crippen LogP contribution is -2.26. The Bertz CT molecular complexity index is 80.1. The summed E-state index contributed by atoms with van der Waals surface area (Å²) >= 11 is 0. The van der Waals surface area contributed by atoms with E-state index in [1.807, 2.05) is 0 Å². The molecular weight excluding hydrogens is 102 g/mol. The smallest absolute Gasteiger partial charge is 0.0173 e. The predicted molar refractivity (Wildman–Crippen MR) is 34.1 cm³/mol. The third-order valence-electron chi connectivity index (χ3n) is 1.19. The summed E-state index contributed by atoms with van der Waals surface area (Å²) in [6.07, 6.45) is 0. The molecule has 0 unspecified atom stereocenters. The van der Waals surface area contributed by atoms with Crippen LogP contribution in [0.5, 0.6) is 0 Å². The molecule has 1 radical (unpaired) electrons. The van der Waals surface area contributed by atoms with E-state index in [-0.39, 0.29) is 0 Å². The maximum Gasteiger partial charge on any atom is 0.0173 e. The molecule has 0 aliphatic carbocycles. The first-order valence-electron chi connectivity index (χ1n) is 2.63. The van der Waals surface area contributed by atoms with Crippen molar-refractivity contribution in [3.8, 4) is 0 Å². The largest absolute Gasteiger partial charge is 0.303 e. The van der Waals surface area contributed by atoms with Crippen molar-refractivity contribution < 1.29 is 0 Å². The van der Waals surface area contributed by atoms with E-state index in [1.54, 1.807) is 0 Å². The lowest BCUT2D eigenvalue weighted by Gasteiger charge is -2.15. The standard InChI is InChI=1S/C5H10NSi/c1-6-2-4-7-5-3-6/h4H,2-3,5H2,1H3. The van der Waals surface area contributed by atoms with Gasteiger partial charge in [0, 0.05) is 15.7 Å². The fourth-order valence-electron chi connectivity index (χ4n) is 0.669. The van der Waals surface area contributed by atoms with E-state index in [9.17, 15) is 0 Å². The molecule has 0 saturated carbocycles. The minimum absolute atomic E-state index is 1.12. The molecule has 2 heteroatoms. The van der Waals surface area contributed by atoms with Gasteiger partial charge in [0.05, 0.1) is 0 Å². The SMILES string of the molecule is CN1CC=[Si]CC1. The number of nitrogens with zero attached hydrogens (tertiary/aromatic N) is 1. The van der Waals surface area contributed by atoms with Crippen LogP contribution in [0.4, 0.5) is 0 Å². The van der Waals surface area contributed by atoms with Crippen molar-refractivity contribution in [3.05, 3.63) is 0 Å². The number of hydrogen-bond donors (Lipinski definition) is 0. The third kappa shape index (κ3) is 1.53. The van der Waals surface area contributed by atoms with Crippen LogP contribution >= 0.6 is 0 Å². The molecule has 0 fully saturated rings. The minimum atomic E-state index is 1.12. The van der Waals surface area contributed by atoms with Gasteiger partial charge in [-0.15, -0.1) is 0 Å². The van der Waals surface area contributed by atoms with Gasteiger partial charge in [0.2, 0.25) is 0 Å². The lowest BCUT2D eigenvalue weighted by atomic mass is 10.6. The van der Waals surface area contributed by atoms with Crippen LogP contribution in [0.3, 0.4) is 0 Å². The second-order valence-corrected chi connectivity index (χ2v) is 3.24. The molecule has 1 aliphatic rings. The van der Waals surface area contributed by atoms with Gasteiger partial charge >= 0.3 is 0 Å². The zero-order valence-electron chi connectivity index (χ0n) is 4.65. The van der Waals surface area contributed by atoms with Crippen LogP contribution in [0.2, 0.25) is 6.04 Å². The third-order valence-corrected chi connectivity index (χ3v) is 2.17. The first-order chi connectivity index (χ1) is 3.39. The van der Waals surface area contributed by atoms with Crippen LogP contribution < -0.4 is 0 Å². The van der Waals surface area contributed by atoms with Crippen LogP contribution in [0.15, 0.2) is 0 Å². The van der Waals surface area contributed by atoms with Crippen LogP contribution in [0.25, 0.3) is 0 Å². The van der Waals surface area contributed by atoms with Crippen molar-refractivity contribution >= 4 is 14.8 Å². The molecule has 39 valence electrons. The molecule has 1 aliphatic heterocycles. The minimum Gasteiger partial charge on any atom is -0.303 e. The second kappa shape index (κ2) is 2.38. The van der Waals surface area contributed by atoms with Crippen molar-refractivity contribution in [3.63, 3.8) is 0 Å². The maximum atomic E-state index is 2.36. The van der Waals surface area contributed by atoms with Gasteiger partial charge in [-0.05, 0) is 19.6 Å². The van der Waals surface area contributed by atoms with E-state index in [0.717, 1.165) is 9.13 Å². The highest BCUT2D eigenvalue weighted by Gasteiger charge is 1.96. The lowest BCUT2D eigenvalue weighted by molar-refractivity contribution is 0.404. The average molecular weight is 112 g/mol. The Labute approximate surface area is 46.8 Å². The molecule has 0 atom stereocenters. The Balaban J connectivity index is 2.32. The van der Waals surface area contributed by atoms with E-state index in [1.165, 1.54) is 19.1 Å². The highest BCUT2D eigenvalue weighted by atomic mass is 28.2. The van der Waals surface area contributed by atoms with Gasteiger partial charge < -0.3 is 4.90 Å². The second-order valence-electron chi connectivity index (χ2n) is 1.92. The topological polar surface area (TPSA) is 3.24 Å². The maximum absolute atomic E-state index is 2.36. The van der Waals surface area contributed by atoms with Gasteiger partial charge in [0.25, 0.3) is 0 Å². The Morgan fingerprint density at radius 2 is 2.57 bits per heavy atom. The molecule has 0 N–H and O–H groups in total. The van der Waals surface area contributed by atoms with Gasteiger partial charge in [-0.3, -0.25) is 0 Å². The Morgan fingerprint density at radius 3 is 2.86 bits per heavy atom. The average Bonchev–Trinajstić information content (AvgIpc) is 1.69. The quantitative estimate of drug-likeness (QED) is 0.394. The summed E-state index contributed by atoms with van der Waals surface area (Å²) in [5.41, 5.74) is 2.36. The van der Waals surface area contributed by atoms with Crippen LogP contribution in [0.1, 0.15) is 0 Å². The summed E-state index contributed by atoms with van der Waals surface area (Å²) in [7, 11) is 3.29. The van der Waals surface area contributed by atoms with E-state index in [4.69, 9.17) is 0 Å². The van der Waals surface area contributed by atoms with E-state index in [0.29, 0.717) is 0 Å². The highest BCUT2D eigenvalue weighted by molar-refractivity contribution is 6.47. The fraction of sp³-hybridized carbons (Fsp3) is 0.800. The van der Waals surface area contributed by atoms with Crippen molar-refractivity contribution in [2.45, 2.75) is 6.04 Å². The molecule has 1 nitrogen and oxygen atoms in total. The number of hydrogen-bond acceptors (Lipinski definition) is 1. The normalized spacial score (nSPS) is 23.0. The molecular formula is C5H10NSi. The van der Waals surface area contributed by atoms with Gasteiger partial charge in [0.1, 0.15) is 0 Å². The molecule has 0 aromatic rings. The molecule has 7 heavy (non-hydrogen) atoms. The van der Waals surface area contributed by atoms with Crippen molar-refractivity contribution in [1.82, 2.24) is 4.90 Å². The van der Waals surface area contributed by atoms with Crippen molar-refractivity contribution in [2.75, 3.05) is 20.1 Å². The van der Waals surface area contributed by atoms with Gasteiger partial charge in [-0.2, -0.15) is 0 Å². The van der Waals surface area contributed by atoms with E-state index < -0.39 is 0 Å². The molecule has 0 aromatic heterocycles. The Morgan fingerprint density at radius 1 is 1.71 bits per heavy atom. The first kappa shape index (κ1) is 5.19. The molecule has 0 spiro atoms. The van der Waals surface area contributed by atoms with Crippen LogP contribution in [-0.4, -0.2) is 39.8 Å². The van der Waals surface area contributed by atoms with E-state index in [2.05, 4.69) is 17.6 Å². The summed E-state index contributed by atoms with van der Waals surface area (Å²) in [6, 6.07) is 1.39. The zero-order chi connectivity index (χ0) is 5.11. The molecule has 0 bridgehead atoms. The predicted octanol–water partition coefficient (Wildman–Crippen LogP) is -0.143. The Hall–Kier alpha value is 0.0469. The molecule has 0 amide bonds. The van der Waals surface area contributed by atoms with Crippen LogP contribution in [0, 0.1) is 0 Å². The van der Waals surface area contributed by atoms with Gasteiger partial charge in [-0.25, -0.2) is 0 Å². The summed E-state index contributed by atoms with van der Waals surface area (Å²) in [6.45, 7) is 2.51. The number of rotatable bonds is 0.